The molecule has 30 heavy (non-hydrogen) atoms. The molecule has 0 unspecified atom stereocenters. The molecule has 5 aromatic carbocycles. The van der Waals surface area contributed by atoms with Gasteiger partial charge in [-0.2, -0.15) is 0 Å². The molecule has 0 atom stereocenters. The van der Waals surface area contributed by atoms with Crippen molar-refractivity contribution in [2.45, 2.75) is 6.92 Å². The van der Waals surface area contributed by atoms with Gasteiger partial charge in [-0.15, -0.1) is 0 Å². The van der Waals surface area contributed by atoms with Crippen molar-refractivity contribution in [3.63, 3.8) is 0 Å². The summed E-state index contributed by atoms with van der Waals surface area (Å²) in [4.78, 5) is 2.22. The lowest BCUT2D eigenvalue weighted by Gasteiger charge is -2.26. The fraction of sp³-hybridized carbons (Fsp3) is 0.0370. The molecule has 0 heterocycles. The molecule has 0 saturated heterocycles. The third kappa shape index (κ3) is 3.31. The third-order valence-electron chi connectivity index (χ3n) is 5.42. The predicted octanol–water partition coefficient (Wildman–Crippen LogP) is 7.18. The zero-order valence-electron chi connectivity index (χ0n) is 16.6. The largest absolute Gasteiger partial charge is 0.508 e. The van der Waals surface area contributed by atoms with E-state index < -0.39 is 0 Å². The van der Waals surface area contributed by atoms with Crippen LogP contribution in [0.5, 0.6) is 11.5 Å². The van der Waals surface area contributed by atoms with E-state index in [-0.39, 0.29) is 11.5 Å². The van der Waals surface area contributed by atoms with Crippen LogP contribution in [-0.2, 0) is 0 Å². The SMILES string of the molecule is Cc1ccc(N(c2ccc3cc(O)ccc3c2)c2ccc3cc(O)ccc3c2)cc1. The van der Waals surface area contributed by atoms with Gasteiger partial charge in [0.05, 0.1) is 0 Å². The number of phenolic OH excluding ortho intramolecular Hbond substituents is 2. The molecule has 0 fully saturated rings. The van der Waals surface area contributed by atoms with Crippen molar-refractivity contribution in [1.82, 2.24) is 0 Å². The number of aromatic hydroxyl groups is 2. The van der Waals surface area contributed by atoms with Crippen LogP contribution in [0.25, 0.3) is 21.5 Å². The smallest absolute Gasteiger partial charge is 0.116 e. The summed E-state index contributed by atoms with van der Waals surface area (Å²) in [5, 5.41) is 23.7. The Morgan fingerprint density at radius 3 is 1.37 bits per heavy atom. The van der Waals surface area contributed by atoms with E-state index in [1.165, 1.54) is 5.56 Å². The Kier molecular flexibility index (Phi) is 4.29. The second kappa shape index (κ2) is 7.12. The molecule has 0 aliphatic carbocycles. The summed E-state index contributed by atoms with van der Waals surface area (Å²) in [6, 6.07) is 31.8. The molecule has 0 bridgehead atoms. The van der Waals surface area contributed by atoms with Gasteiger partial charge in [-0.1, -0.05) is 42.0 Å². The molecular formula is C27H21NO2. The van der Waals surface area contributed by atoms with Gasteiger partial charge < -0.3 is 15.1 Å². The number of aryl methyl sites for hydroxylation is 1. The van der Waals surface area contributed by atoms with E-state index in [9.17, 15) is 10.2 Å². The maximum atomic E-state index is 9.78. The van der Waals surface area contributed by atoms with Crippen molar-refractivity contribution < 1.29 is 10.2 Å². The van der Waals surface area contributed by atoms with E-state index in [4.69, 9.17) is 0 Å². The lowest BCUT2D eigenvalue weighted by atomic mass is 10.1. The van der Waals surface area contributed by atoms with Crippen LogP contribution in [0.2, 0.25) is 0 Å². The van der Waals surface area contributed by atoms with Gasteiger partial charge in [-0.05, 0) is 89.1 Å². The highest BCUT2D eigenvalue weighted by Crippen LogP contribution is 2.38. The number of nitrogens with zero attached hydrogens (tertiary/aromatic N) is 1. The van der Waals surface area contributed by atoms with Crippen molar-refractivity contribution in [2.24, 2.45) is 0 Å². The predicted molar refractivity (Wildman–Crippen MR) is 124 cm³/mol. The number of benzene rings is 5. The molecule has 5 rings (SSSR count). The second-order valence-electron chi connectivity index (χ2n) is 7.60. The monoisotopic (exact) mass is 391 g/mol. The van der Waals surface area contributed by atoms with Crippen LogP contribution in [-0.4, -0.2) is 10.2 Å². The summed E-state index contributed by atoms with van der Waals surface area (Å²) >= 11 is 0. The van der Waals surface area contributed by atoms with E-state index in [0.29, 0.717) is 0 Å². The molecule has 2 N–H and O–H groups in total. The number of anilines is 3. The number of rotatable bonds is 3. The van der Waals surface area contributed by atoms with E-state index in [2.05, 4.69) is 60.4 Å². The molecule has 0 aromatic heterocycles. The van der Waals surface area contributed by atoms with Crippen LogP contribution < -0.4 is 4.90 Å². The lowest BCUT2D eigenvalue weighted by molar-refractivity contribution is 0.475. The Labute approximate surface area is 175 Å². The quantitative estimate of drug-likeness (QED) is 0.342. The summed E-state index contributed by atoms with van der Waals surface area (Å²) < 4.78 is 0. The minimum Gasteiger partial charge on any atom is -0.508 e. The molecule has 5 aromatic rings. The van der Waals surface area contributed by atoms with Crippen molar-refractivity contribution in [1.29, 1.82) is 0 Å². The maximum absolute atomic E-state index is 9.78. The van der Waals surface area contributed by atoms with Crippen LogP contribution in [0.4, 0.5) is 17.1 Å². The fourth-order valence-electron chi connectivity index (χ4n) is 3.86. The fourth-order valence-corrected chi connectivity index (χ4v) is 3.86. The minimum absolute atomic E-state index is 0.267. The topological polar surface area (TPSA) is 43.7 Å². The van der Waals surface area contributed by atoms with Gasteiger partial charge in [-0.25, -0.2) is 0 Å². The van der Waals surface area contributed by atoms with E-state index >= 15 is 0 Å². The van der Waals surface area contributed by atoms with Crippen LogP contribution in [0.1, 0.15) is 5.56 Å². The number of phenols is 2. The zero-order valence-corrected chi connectivity index (χ0v) is 16.6. The van der Waals surface area contributed by atoms with Crippen LogP contribution in [0, 0.1) is 6.92 Å². The van der Waals surface area contributed by atoms with Gasteiger partial charge in [0.25, 0.3) is 0 Å². The second-order valence-corrected chi connectivity index (χ2v) is 7.60. The van der Waals surface area contributed by atoms with E-state index in [0.717, 1.165) is 38.6 Å². The molecule has 0 spiro atoms. The molecular weight excluding hydrogens is 370 g/mol. The highest BCUT2D eigenvalue weighted by Gasteiger charge is 2.14. The standard InChI is InChI=1S/C27H21NO2/c1-18-2-8-23(9-3-18)28(24-10-4-21-16-26(29)12-6-19(21)14-24)25-11-5-22-17-27(30)13-7-20(22)15-25/h2-17,29-30H,1H3. The number of hydrogen-bond acceptors (Lipinski definition) is 3. The van der Waals surface area contributed by atoms with Gasteiger partial charge in [0.1, 0.15) is 11.5 Å². The average molecular weight is 391 g/mol. The van der Waals surface area contributed by atoms with Crippen molar-refractivity contribution in [3.05, 3.63) is 103 Å². The number of hydrogen-bond donors (Lipinski definition) is 2. The third-order valence-corrected chi connectivity index (χ3v) is 5.42. The highest BCUT2D eigenvalue weighted by atomic mass is 16.3. The summed E-state index contributed by atoms with van der Waals surface area (Å²) in [6.07, 6.45) is 0. The molecule has 0 aliphatic rings. The normalized spacial score (nSPS) is 11.1. The van der Waals surface area contributed by atoms with Crippen molar-refractivity contribution in [2.75, 3.05) is 4.90 Å². The lowest BCUT2D eigenvalue weighted by Crippen LogP contribution is -2.09. The molecule has 3 nitrogen and oxygen atoms in total. The van der Waals surface area contributed by atoms with Gasteiger partial charge in [-0.3, -0.25) is 0 Å². The molecule has 0 saturated carbocycles. The van der Waals surface area contributed by atoms with Crippen LogP contribution >= 0.6 is 0 Å². The van der Waals surface area contributed by atoms with E-state index in [1.54, 1.807) is 24.3 Å². The number of fused-ring (bicyclic) bond motifs is 2. The van der Waals surface area contributed by atoms with Gasteiger partial charge in [0, 0.05) is 17.1 Å². The first-order chi connectivity index (χ1) is 14.6. The van der Waals surface area contributed by atoms with E-state index in [1.807, 2.05) is 24.3 Å². The maximum Gasteiger partial charge on any atom is 0.116 e. The highest BCUT2D eigenvalue weighted by molar-refractivity contribution is 5.93. The Bertz CT molecular complexity index is 1290. The minimum atomic E-state index is 0.267. The first-order valence-electron chi connectivity index (χ1n) is 9.89. The van der Waals surface area contributed by atoms with Gasteiger partial charge in [0.2, 0.25) is 0 Å². The summed E-state index contributed by atoms with van der Waals surface area (Å²) in [6.45, 7) is 2.08. The van der Waals surface area contributed by atoms with Crippen molar-refractivity contribution >= 4 is 38.6 Å². The first-order valence-corrected chi connectivity index (χ1v) is 9.89. The molecule has 0 amide bonds. The Balaban J connectivity index is 1.70. The summed E-state index contributed by atoms with van der Waals surface area (Å²) in [7, 11) is 0. The summed E-state index contributed by atoms with van der Waals surface area (Å²) in [5.41, 5.74) is 4.35. The first kappa shape index (κ1) is 18.1. The summed E-state index contributed by atoms with van der Waals surface area (Å²) in [5.74, 6) is 0.534. The molecule has 3 heteroatoms. The van der Waals surface area contributed by atoms with Crippen molar-refractivity contribution in [3.8, 4) is 11.5 Å². The molecule has 0 radical (unpaired) electrons. The Morgan fingerprint density at radius 2 is 0.867 bits per heavy atom. The van der Waals surface area contributed by atoms with Crippen LogP contribution in [0.3, 0.4) is 0 Å². The zero-order chi connectivity index (χ0) is 20.7. The molecule has 0 aliphatic heterocycles. The average Bonchev–Trinajstić information content (AvgIpc) is 2.75. The van der Waals surface area contributed by atoms with Gasteiger partial charge in [0.15, 0.2) is 0 Å². The Hall–Kier alpha value is -3.98. The van der Waals surface area contributed by atoms with Crippen LogP contribution in [0.15, 0.2) is 97.1 Å². The molecule has 146 valence electrons. The Morgan fingerprint density at radius 1 is 0.467 bits per heavy atom. The van der Waals surface area contributed by atoms with Gasteiger partial charge >= 0.3 is 0 Å².